The molecule has 0 aliphatic carbocycles. The molecule has 0 radical (unpaired) electrons. The summed E-state index contributed by atoms with van der Waals surface area (Å²) in [5.74, 6) is 1.07. The zero-order valence-corrected chi connectivity index (χ0v) is 20.2. The van der Waals surface area contributed by atoms with Gasteiger partial charge in [-0.3, -0.25) is 4.57 Å². The van der Waals surface area contributed by atoms with Gasteiger partial charge in [-0.05, 0) is 65.7 Å². The van der Waals surface area contributed by atoms with E-state index in [2.05, 4.69) is 90.4 Å². The molecule has 0 bridgehead atoms. The molecule has 8 aromatic rings. The van der Waals surface area contributed by atoms with Crippen LogP contribution in [0.1, 0.15) is 12.7 Å². The number of aryl methyl sites for hydroxylation is 1. The van der Waals surface area contributed by atoms with Gasteiger partial charge in [-0.15, -0.1) is 0 Å². The van der Waals surface area contributed by atoms with Crippen LogP contribution in [0.15, 0.2) is 112 Å². The largest absolute Gasteiger partial charge is 0.456 e. The van der Waals surface area contributed by atoms with Crippen LogP contribution in [-0.2, 0) is 6.42 Å². The Morgan fingerprint density at radius 3 is 2.05 bits per heavy atom. The molecule has 0 amide bonds. The van der Waals surface area contributed by atoms with Gasteiger partial charge >= 0.3 is 0 Å². The summed E-state index contributed by atoms with van der Waals surface area (Å²) in [4.78, 5) is 4.83. The number of rotatable bonds is 3. The second kappa shape index (κ2) is 7.58. The summed E-state index contributed by atoms with van der Waals surface area (Å²) in [6.07, 6.45) is 0.874. The van der Waals surface area contributed by atoms with Crippen molar-refractivity contribution in [3.63, 3.8) is 0 Å². The van der Waals surface area contributed by atoms with Crippen LogP contribution in [0.2, 0.25) is 0 Å². The van der Waals surface area contributed by atoms with Crippen molar-refractivity contribution in [2.45, 2.75) is 13.3 Å². The van der Waals surface area contributed by atoms with Gasteiger partial charge in [0.1, 0.15) is 28.2 Å². The predicted molar refractivity (Wildman–Crippen MR) is 150 cm³/mol. The minimum absolute atomic E-state index is 0.874. The van der Waals surface area contributed by atoms with E-state index in [1.807, 2.05) is 24.3 Å². The second-order valence-electron chi connectivity index (χ2n) is 9.51. The Bertz CT molecular complexity index is 2120. The number of furan rings is 2. The average molecular weight is 479 g/mol. The van der Waals surface area contributed by atoms with E-state index >= 15 is 0 Å². The van der Waals surface area contributed by atoms with E-state index in [4.69, 9.17) is 13.8 Å². The number of benzene rings is 5. The summed E-state index contributed by atoms with van der Waals surface area (Å²) in [7, 11) is 0. The van der Waals surface area contributed by atoms with Gasteiger partial charge in [0.2, 0.25) is 0 Å². The van der Waals surface area contributed by atoms with Gasteiger partial charge in [-0.2, -0.15) is 0 Å². The Morgan fingerprint density at radius 1 is 0.595 bits per heavy atom. The standard InChI is InChI=1S/C33H22N2O2/c1-2-33-34-27-8-4-5-9-28(27)35(33)22-14-11-20(12-15-22)21-13-16-30-24(17-21)26-19-31-25(18-32(26)37-30)23-7-3-6-10-29(23)36-31/h3-19H,2H2,1H3. The summed E-state index contributed by atoms with van der Waals surface area (Å²) in [6, 6.07) is 35.8. The molecule has 3 aromatic heterocycles. The molecule has 0 saturated carbocycles. The maximum absolute atomic E-state index is 6.25. The van der Waals surface area contributed by atoms with Crippen LogP contribution in [-0.4, -0.2) is 9.55 Å². The van der Waals surface area contributed by atoms with Gasteiger partial charge in [0, 0.05) is 33.7 Å². The first-order valence-electron chi connectivity index (χ1n) is 12.6. The summed E-state index contributed by atoms with van der Waals surface area (Å²) < 4.78 is 14.6. The third kappa shape index (κ3) is 2.99. The van der Waals surface area contributed by atoms with E-state index in [9.17, 15) is 0 Å². The van der Waals surface area contributed by atoms with Crippen LogP contribution < -0.4 is 0 Å². The molecule has 0 spiro atoms. The van der Waals surface area contributed by atoms with Crippen LogP contribution >= 0.6 is 0 Å². The number of hydrogen-bond donors (Lipinski definition) is 0. The fourth-order valence-electron chi connectivity index (χ4n) is 5.58. The van der Waals surface area contributed by atoms with Crippen molar-refractivity contribution in [2.24, 2.45) is 0 Å². The van der Waals surface area contributed by atoms with E-state index in [-0.39, 0.29) is 0 Å². The lowest BCUT2D eigenvalue weighted by atomic mass is 10.0. The van der Waals surface area contributed by atoms with Crippen LogP contribution in [0.4, 0.5) is 0 Å². The molecule has 4 heteroatoms. The van der Waals surface area contributed by atoms with Crippen molar-refractivity contribution >= 4 is 54.9 Å². The average Bonchev–Trinajstić information content (AvgIpc) is 3.62. The quantitative estimate of drug-likeness (QED) is 0.254. The third-order valence-electron chi connectivity index (χ3n) is 7.37. The SMILES string of the molecule is CCc1nc2ccccc2n1-c1ccc(-c2ccc3oc4cc5c(cc4c3c2)oc2ccccc25)cc1. The molecule has 3 heterocycles. The minimum atomic E-state index is 0.874. The topological polar surface area (TPSA) is 44.1 Å². The van der Waals surface area contributed by atoms with Gasteiger partial charge < -0.3 is 8.83 Å². The molecular formula is C33H22N2O2. The summed E-state index contributed by atoms with van der Waals surface area (Å²) in [5.41, 5.74) is 9.12. The molecule has 0 unspecified atom stereocenters. The molecular weight excluding hydrogens is 456 g/mol. The number of nitrogens with zero attached hydrogens (tertiary/aromatic N) is 2. The Labute approximate surface area is 212 Å². The molecule has 0 aliphatic heterocycles. The normalized spacial score (nSPS) is 12.0. The predicted octanol–water partition coefficient (Wildman–Crippen LogP) is 9.05. The Hall–Kier alpha value is -4.83. The van der Waals surface area contributed by atoms with Gasteiger partial charge in [-0.25, -0.2) is 4.98 Å². The first-order valence-corrected chi connectivity index (χ1v) is 12.6. The van der Waals surface area contributed by atoms with E-state index in [1.165, 1.54) is 0 Å². The molecule has 4 nitrogen and oxygen atoms in total. The lowest BCUT2D eigenvalue weighted by Gasteiger charge is -2.10. The van der Waals surface area contributed by atoms with Crippen molar-refractivity contribution in [3.8, 4) is 16.8 Å². The van der Waals surface area contributed by atoms with E-state index in [0.29, 0.717) is 0 Å². The molecule has 5 aromatic carbocycles. The van der Waals surface area contributed by atoms with E-state index < -0.39 is 0 Å². The third-order valence-corrected chi connectivity index (χ3v) is 7.37. The van der Waals surface area contributed by atoms with Gasteiger partial charge in [0.05, 0.1) is 11.0 Å². The summed E-state index contributed by atoms with van der Waals surface area (Å²) in [5, 5.41) is 4.35. The highest BCUT2D eigenvalue weighted by Gasteiger charge is 2.15. The molecule has 0 saturated heterocycles. The molecule has 0 fully saturated rings. The van der Waals surface area contributed by atoms with Crippen molar-refractivity contribution in [2.75, 3.05) is 0 Å². The maximum Gasteiger partial charge on any atom is 0.136 e. The summed E-state index contributed by atoms with van der Waals surface area (Å²) >= 11 is 0. The Kier molecular flexibility index (Phi) is 4.17. The zero-order chi connectivity index (χ0) is 24.5. The van der Waals surface area contributed by atoms with Crippen molar-refractivity contribution < 1.29 is 8.83 Å². The Balaban J connectivity index is 1.24. The number of para-hydroxylation sites is 3. The highest BCUT2D eigenvalue weighted by atomic mass is 16.3. The minimum Gasteiger partial charge on any atom is -0.456 e. The molecule has 0 atom stereocenters. The fourth-order valence-corrected chi connectivity index (χ4v) is 5.58. The lowest BCUT2D eigenvalue weighted by Crippen LogP contribution is -1.99. The number of hydrogen-bond acceptors (Lipinski definition) is 3. The van der Waals surface area contributed by atoms with Crippen molar-refractivity contribution in [1.29, 1.82) is 0 Å². The number of imidazole rings is 1. The molecule has 37 heavy (non-hydrogen) atoms. The highest BCUT2D eigenvalue weighted by Crippen LogP contribution is 2.38. The molecule has 176 valence electrons. The first kappa shape index (κ1) is 20.4. The van der Waals surface area contributed by atoms with Crippen LogP contribution in [0, 0.1) is 0 Å². The summed E-state index contributed by atoms with van der Waals surface area (Å²) in [6.45, 7) is 2.15. The molecule has 0 N–H and O–H groups in total. The first-order chi connectivity index (χ1) is 18.3. The van der Waals surface area contributed by atoms with Crippen molar-refractivity contribution in [1.82, 2.24) is 9.55 Å². The van der Waals surface area contributed by atoms with Crippen LogP contribution in [0.3, 0.4) is 0 Å². The fraction of sp³-hybridized carbons (Fsp3) is 0.0606. The Morgan fingerprint density at radius 2 is 1.24 bits per heavy atom. The van der Waals surface area contributed by atoms with E-state index in [0.717, 1.165) is 84.0 Å². The second-order valence-corrected chi connectivity index (χ2v) is 9.51. The van der Waals surface area contributed by atoms with Crippen LogP contribution in [0.25, 0.3) is 71.7 Å². The maximum atomic E-state index is 6.25. The van der Waals surface area contributed by atoms with Gasteiger partial charge in [0.15, 0.2) is 0 Å². The van der Waals surface area contributed by atoms with Gasteiger partial charge in [-0.1, -0.05) is 55.5 Å². The monoisotopic (exact) mass is 478 g/mol. The lowest BCUT2D eigenvalue weighted by molar-refractivity contribution is 0.664. The zero-order valence-electron chi connectivity index (χ0n) is 20.2. The smallest absolute Gasteiger partial charge is 0.136 e. The number of fused-ring (bicyclic) bond motifs is 7. The van der Waals surface area contributed by atoms with Crippen molar-refractivity contribution in [3.05, 3.63) is 109 Å². The van der Waals surface area contributed by atoms with Gasteiger partial charge in [0.25, 0.3) is 0 Å². The molecule has 8 rings (SSSR count). The molecule has 0 aliphatic rings. The number of aromatic nitrogens is 2. The van der Waals surface area contributed by atoms with Crippen LogP contribution in [0.5, 0.6) is 0 Å². The van der Waals surface area contributed by atoms with E-state index in [1.54, 1.807) is 0 Å². The highest BCUT2D eigenvalue weighted by molar-refractivity contribution is 6.15.